The van der Waals surface area contributed by atoms with Gasteiger partial charge in [0.15, 0.2) is 0 Å². The molecule has 1 saturated carbocycles. The van der Waals surface area contributed by atoms with Gasteiger partial charge in [-0.2, -0.15) is 0 Å². The van der Waals surface area contributed by atoms with Crippen LogP contribution in [0.2, 0.25) is 0 Å². The van der Waals surface area contributed by atoms with Gasteiger partial charge in [-0.3, -0.25) is 9.59 Å². The predicted molar refractivity (Wildman–Crippen MR) is 85.0 cm³/mol. The topological polar surface area (TPSA) is 86.1 Å². The van der Waals surface area contributed by atoms with Crippen LogP contribution < -0.4 is 10.9 Å². The average molecular weight is 316 g/mol. The van der Waals surface area contributed by atoms with Crippen LogP contribution in [0.3, 0.4) is 0 Å². The minimum atomic E-state index is -0.307. The van der Waals surface area contributed by atoms with Gasteiger partial charge in [-0.25, -0.2) is 4.68 Å². The molecule has 1 aromatic carbocycles. The molecule has 2 aromatic rings. The lowest BCUT2D eigenvalue weighted by molar-refractivity contribution is -0.122. The Kier molecular flexibility index (Phi) is 4.97. The maximum absolute atomic E-state index is 12.2. The lowest BCUT2D eigenvalue weighted by Gasteiger charge is -2.07. The van der Waals surface area contributed by atoms with Gasteiger partial charge in [-0.05, 0) is 37.3 Å². The quantitative estimate of drug-likeness (QED) is 0.725. The highest BCUT2D eigenvalue weighted by atomic mass is 16.5. The summed E-state index contributed by atoms with van der Waals surface area (Å²) in [7, 11) is 0. The summed E-state index contributed by atoms with van der Waals surface area (Å²) in [6.07, 6.45) is 3.31. The maximum atomic E-state index is 12.2. The lowest BCUT2D eigenvalue weighted by atomic mass is 10.2. The molecule has 1 aliphatic carbocycles. The average Bonchev–Trinajstić information content (AvgIpc) is 3.38. The van der Waals surface area contributed by atoms with Gasteiger partial charge in [-0.15, -0.1) is 5.10 Å². The van der Waals surface area contributed by atoms with E-state index < -0.39 is 0 Å². The number of nitrogens with zero attached hydrogens (tertiary/aromatic N) is 3. The van der Waals surface area contributed by atoms with Crippen molar-refractivity contribution in [3.05, 3.63) is 34.6 Å². The molecule has 7 nitrogen and oxygen atoms in total. The summed E-state index contributed by atoms with van der Waals surface area (Å²) in [4.78, 5) is 24.1. The van der Waals surface area contributed by atoms with Gasteiger partial charge in [-0.1, -0.05) is 17.3 Å². The number of benzene rings is 1. The van der Waals surface area contributed by atoms with Gasteiger partial charge in [0.25, 0.3) is 5.56 Å². The normalized spacial score (nSPS) is 14.1. The number of rotatable bonds is 8. The standard InChI is InChI=1S/C16H20N4O3/c21-15(17-8-3-9-23-11-12-6-7-12)10-20-16(22)13-4-1-2-5-14(13)18-19-20/h1-2,4-5,12H,3,6-11H2,(H,17,21). The number of carbonyl (C=O) groups is 1. The molecule has 0 radical (unpaired) electrons. The lowest BCUT2D eigenvalue weighted by Crippen LogP contribution is -2.34. The van der Waals surface area contributed by atoms with E-state index in [2.05, 4.69) is 15.6 Å². The Morgan fingerprint density at radius 3 is 3.00 bits per heavy atom. The third-order valence-corrected chi connectivity index (χ3v) is 3.76. The summed E-state index contributed by atoms with van der Waals surface area (Å²) >= 11 is 0. The van der Waals surface area contributed by atoms with Crippen molar-refractivity contribution in [1.82, 2.24) is 20.3 Å². The van der Waals surface area contributed by atoms with Gasteiger partial charge in [0.1, 0.15) is 12.1 Å². The minimum absolute atomic E-state index is 0.125. The third kappa shape index (κ3) is 4.35. The van der Waals surface area contributed by atoms with E-state index >= 15 is 0 Å². The van der Waals surface area contributed by atoms with Crippen LogP contribution in [0.25, 0.3) is 10.9 Å². The zero-order valence-corrected chi connectivity index (χ0v) is 12.9. The molecule has 0 spiro atoms. The molecule has 0 aliphatic heterocycles. The van der Waals surface area contributed by atoms with E-state index in [1.165, 1.54) is 12.8 Å². The fraction of sp³-hybridized carbons (Fsp3) is 0.500. The van der Waals surface area contributed by atoms with Crippen molar-refractivity contribution in [2.24, 2.45) is 5.92 Å². The Morgan fingerprint density at radius 2 is 2.17 bits per heavy atom. The minimum Gasteiger partial charge on any atom is -0.381 e. The van der Waals surface area contributed by atoms with E-state index in [0.717, 1.165) is 23.6 Å². The van der Waals surface area contributed by atoms with Gasteiger partial charge >= 0.3 is 0 Å². The molecule has 0 atom stereocenters. The Bertz CT molecular complexity index is 739. The first-order chi connectivity index (χ1) is 11.2. The van der Waals surface area contributed by atoms with E-state index in [9.17, 15) is 9.59 Å². The number of aromatic nitrogens is 3. The van der Waals surface area contributed by atoms with Crippen LogP contribution >= 0.6 is 0 Å². The van der Waals surface area contributed by atoms with Crippen LogP contribution in [-0.2, 0) is 16.1 Å². The molecule has 1 fully saturated rings. The van der Waals surface area contributed by atoms with Gasteiger partial charge in [0.2, 0.25) is 5.91 Å². The zero-order chi connectivity index (χ0) is 16.1. The number of hydrogen-bond acceptors (Lipinski definition) is 5. The van der Waals surface area contributed by atoms with Crippen LogP contribution in [0.1, 0.15) is 19.3 Å². The fourth-order valence-corrected chi connectivity index (χ4v) is 2.26. The van der Waals surface area contributed by atoms with Crippen molar-refractivity contribution < 1.29 is 9.53 Å². The summed E-state index contributed by atoms with van der Waals surface area (Å²) in [6.45, 7) is 1.88. The number of amides is 1. The highest BCUT2D eigenvalue weighted by Crippen LogP contribution is 2.28. The Labute approximate surface area is 133 Å². The first-order valence-corrected chi connectivity index (χ1v) is 7.91. The van der Waals surface area contributed by atoms with E-state index in [4.69, 9.17) is 4.74 Å². The number of nitrogens with one attached hydrogen (secondary N) is 1. The molecule has 7 heteroatoms. The number of ether oxygens (including phenoxy) is 1. The highest BCUT2D eigenvalue weighted by Gasteiger charge is 2.20. The molecule has 3 rings (SSSR count). The van der Waals surface area contributed by atoms with Gasteiger partial charge in [0, 0.05) is 19.8 Å². The second-order valence-electron chi connectivity index (χ2n) is 5.79. The molecule has 0 bridgehead atoms. The summed E-state index contributed by atoms with van der Waals surface area (Å²) in [6, 6.07) is 6.95. The van der Waals surface area contributed by atoms with Crippen LogP contribution in [0.15, 0.2) is 29.1 Å². The van der Waals surface area contributed by atoms with E-state index in [1.807, 2.05) is 0 Å². The summed E-state index contributed by atoms with van der Waals surface area (Å²) in [5, 5.41) is 11.0. The van der Waals surface area contributed by atoms with Crippen molar-refractivity contribution in [3.63, 3.8) is 0 Å². The van der Waals surface area contributed by atoms with Crippen LogP contribution in [-0.4, -0.2) is 40.7 Å². The maximum Gasteiger partial charge on any atom is 0.278 e. The molecule has 1 N–H and O–H groups in total. The van der Waals surface area contributed by atoms with Crippen molar-refractivity contribution in [3.8, 4) is 0 Å². The molecule has 0 unspecified atom stereocenters. The molecule has 23 heavy (non-hydrogen) atoms. The second kappa shape index (κ2) is 7.32. The van der Waals surface area contributed by atoms with Gasteiger partial charge in [0.05, 0.1) is 5.39 Å². The van der Waals surface area contributed by atoms with Crippen LogP contribution in [0, 0.1) is 5.92 Å². The predicted octanol–water partition coefficient (Wildman–Crippen LogP) is 0.724. The molecule has 122 valence electrons. The van der Waals surface area contributed by atoms with Crippen molar-refractivity contribution in [2.45, 2.75) is 25.8 Å². The van der Waals surface area contributed by atoms with Crippen molar-refractivity contribution >= 4 is 16.8 Å². The van der Waals surface area contributed by atoms with Gasteiger partial charge < -0.3 is 10.1 Å². The fourth-order valence-electron chi connectivity index (χ4n) is 2.26. The van der Waals surface area contributed by atoms with Crippen LogP contribution in [0.5, 0.6) is 0 Å². The molecular weight excluding hydrogens is 296 g/mol. The highest BCUT2D eigenvalue weighted by molar-refractivity contribution is 5.78. The number of hydrogen-bond donors (Lipinski definition) is 1. The van der Waals surface area contributed by atoms with Crippen molar-refractivity contribution in [1.29, 1.82) is 0 Å². The first-order valence-electron chi connectivity index (χ1n) is 7.91. The smallest absolute Gasteiger partial charge is 0.278 e. The van der Waals surface area contributed by atoms with E-state index in [-0.39, 0.29) is 18.0 Å². The molecule has 1 heterocycles. The van der Waals surface area contributed by atoms with Crippen molar-refractivity contribution in [2.75, 3.05) is 19.8 Å². The number of fused-ring (bicyclic) bond motifs is 1. The summed E-state index contributed by atoms with van der Waals surface area (Å²) in [5.41, 5.74) is 0.223. The van der Waals surface area contributed by atoms with E-state index in [1.54, 1.807) is 24.3 Å². The number of carbonyl (C=O) groups excluding carboxylic acids is 1. The monoisotopic (exact) mass is 316 g/mol. The molecule has 0 saturated heterocycles. The Hall–Kier alpha value is -2.28. The Morgan fingerprint density at radius 1 is 1.35 bits per heavy atom. The first kappa shape index (κ1) is 15.6. The zero-order valence-electron chi connectivity index (χ0n) is 12.9. The second-order valence-corrected chi connectivity index (χ2v) is 5.79. The summed E-state index contributed by atoms with van der Waals surface area (Å²) < 4.78 is 6.58. The third-order valence-electron chi connectivity index (χ3n) is 3.76. The molecule has 1 amide bonds. The molecule has 1 aliphatic rings. The van der Waals surface area contributed by atoms with Crippen LogP contribution in [0.4, 0.5) is 0 Å². The Balaban J connectivity index is 1.45. The van der Waals surface area contributed by atoms with E-state index in [0.29, 0.717) is 24.1 Å². The molecule has 1 aromatic heterocycles. The SMILES string of the molecule is O=C(Cn1nnc2ccccc2c1=O)NCCCOCC1CC1. The largest absolute Gasteiger partial charge is 0.381 e. The summed E-state index contributed by atoms with van der Waals surface area (Å²) in [5.74, 6) is 0.502. The molecular formula is C16H20N4O3.